The van der Waals surface area contributed by atoms with Crippen molar-refractivity contribution >= 4 is 0 Å². The summed E-state index contributed by atoms with van der Waals surface area (Å²) in [7, 11) is 6.60. The Bertz CT molecular complexity index is 474. The van der Waals surface area contributed by atoms with Gasteiger partial charge in [-0.15, -0.1) is 0 Å². The van der Waals surface area contributed by atoms with Crippen LogP contribution < -0.4 is 28.7 Å². The lowest BCUT2D eigenvalue weighted by molar-refractivity contribution is -0.905. The van der Waals surface area contributed by atoms with Gasteiger partial charge in [-0.25, -0.2) is 0 Å². The van der Waals surface area contributed by atoms with Gasteiger partial charge in [0.1, 0.15) is 5.75 Å². The number of quaternary nitrogens is 1. The van der Waals surface area contributed by atoms with Gasteiger partial charge in [0.2, 0.25) is 0 Å². The third-order valence-corrected chi connectivity index (χ3v) is 5.61. The lowest BCUT2D eigenvalue weighted by atomic mass is 9.66. The molecule has 0 aromatic heterocycles. The topological polar surface area (TPSA) is 9.23 Å². The van der Waals surface area contributed by atoms with Gasteiger partial charge >= 0.3 is 0 Å². The molecule has 1 aliphatic carbocycles. The summed E-state index contributed by atoms with van der Waals surface area (Å²) in [6, 6.07) is 9.61. The fraction of sp³-hybridized carbons (Fsp3) is 0.647. The largest absolute Gasteiger partial charge is 1.00 e. The lowest BCUT2D eigenvalue weighted by Gasteiger charge is -2.43. The fourth-order valence-corrected chi connectivity index (χ4v) is 4.59. The summed E-state index contributed by atoms with van der Waals surface area (Å²) >= 11 is 0. The quantitative estimate of drug-likeness (QED) is 0.526. The van der Waals surface area contributed by atoms with E-state index in [1.54, 1.807) is 7.11 Å². The summed E-state index contributed by atoms with van der Waals surface area (Å²) in [6.07, 6.45) is 6.85. The average Bonchev–Trinajstić information content (AvgIpc) is 2.73. The summed E-state index contributed by atoms with van der Waals surface area (Å²) in [5, 5.41) is 0. The van der Waals surface area contributed by atoms with Crippen molar-refractivity contribution in [1.29, 1.82) is 0 Å². The van der Waals surface area contributed by atoms with Gasteiger partial charge in [0, 0.05) is 12.8 Å². The normalized spacial score (nSPS) is 31.2. The third kappa shape index (κ3) is 2.47. The first kappa shape index (κ1) is 16.1. The molecular formula is C17H26INO. The molecule has 3 heteroatoms. The number of nitrogens with zero attached hydrogens (tertiary/aromatic N) is 1. The molecule has 0 radical (unpaired) electrons. The monoisotopic (exact) mass is 387 g/mol. The van der Waals surface area contributed by atoms with E-state index in [0.717, 1.165) is 11.8 Å². The average molecular weight is 387 g/mol. The zero-order valence-corrected chi connectivity index (χ0v) is 15.0. The predicted octanol–water partition coefficient (Wildman–Crippen LogP) is 0.360. The Morgan fingerprint density at radius 2 is 2.00 bits per heavy atom. The summed E-state index contributed by atoms with van der Waals surface area (Å²) in [6.45, 7) is 1.31. The summed E-state index contributed by atoms with van der Waals surface area (Å²) in [5.74, 6) is 1.01. The van der Waals surface area contributed by atoms with Crippen molar-refractivity contribution in [3.05, 3.63) is 29.8 Å². The van der Waals surface area contributed by atoms with Crippen molar-refractivity contribution in [3.63, 3.8) is 0 Å². The number of likely N-dealkylation sites (N-methyl/N-ethyl adjacent to an activating group) is 1. The molecule has 1 saturated carbocycles. The van der Waals surface area contributed by atoms with Crippen LogP contribution in [-0.2, 0) is 5.41 Å². The smallest absolute Gasteiger partial charge is 0.119 e. The highest BCUT2D eigenvalue weighted by Gasteiger charge is 2.55. The standard InChI is InChI=1S/C17H26NO.HI/c1-18(2)12-11-17(10-5-4-9-16(17)18)14-7-6-8-15(13-14)19-3;/h6-8,13,16H,4-5,9-12H2,1-3H3;1H/q+1;/p-1. The molecule has 2 unspecified atom stereocenters. The van der Waals surface area contributed by atoms with E-state index in [-0.39, 0.29) is 24.0 Å². The van der Waals surface area contributed by atoms with Crippen LogP contribution in [0.15, 0.2) is 24.3 Å². The Morgan fingerprint density at radius 1 is 1.20 bits per heavy atom. The first-order chi connectivity index (χ1) is 9.08. The minimum atomic E-state index is 0. The number of methoxy groups -OCH3 is 1. The molecule has 0 spiro atoms. The second-order valence-electron chi connectivity index (χ2n) is 6.90. The Hall–Kier alpha value is -0.290. The molecule has 3 rings (SSSR count). The molecule has 1 aromatic rings. The molecular weight excluding hydrogens is 361 g/mol. The van der Waals surface area contributed by atoms with Gasteiger partial charge in [-0.05, 0) is 30.5 Å². The molecule has 2 aliphatic rings. The number of hydrogen-bond acceptors (Lipinski definition) is 1. The zero-order valence-electron chi connectivity index (χ0n) is 12.9. The van der Waals surface area contributed by atoms with Crippen LogP contribution in [0.25, 0.3) is 0 Å². The highest BCUT2D eigenvalue weighted by atomic mass is 127. The molecule has 0 amide bonds. The maximum atomic E-state index is 5.44. The van der Waals surface area contributed by atoms with E-state index in [1.165, 1.54) is 48.7 Å². The zero-order chi connectivity index (χ0) is 13.5. The van der Waals surface area contributed by atoms with Crippen molar-refractivity contribution in [1.82, 2.24) is 0 Å². The minimum absolute atomic E-state index is 0. The van der Waals surface area contributed by atoms with E-state index in [4.69, 9.17) is 4.74 Å². The molecule has 2 fully saturated rings. The number of hydrogen-bond donors (Lipinski definition) is 0. The fourth-order valence-electron chi connectivity index (χ4n) is 4.59. The van der Waals surface area contributed by atoms with Crippen LogP contribution in [0.5, 0.6) is 5.75 Å². The van der Waals surface area contributed by atoms with Crippen molar-refractivity contribution in [2.24, 2.45) is 0 Å². The second-order valence-corrected chi connectivity index (χ2v) is 6.90. The van der Waals surface area contributed by atoms with E-state index in [0.29, 0.717) is 5.41 Å². The Balaban J connectivity index is 0.00000147. The molecule has 2 nitrogen and oxygen atoms in total. The molecule has 1 saturated heterocycles. The summed E-state index contributed by atoms with van der Waals surface area (Å²) < 4.78 is 6.63. The van der Waals surface area contributed by atoms with Crippen LogP contribution in [0, 0.1) is 0 Å². The highest BCUT2D eigenvalue weighted by molar-refractivity contribution is 5.36. The van der Waals surface area contributed by atoms with Crippen molar-refractivity contribution in [2.45, 2.75) is 43.6 Å². The molecule has 20 heavy (non-hydrogen) atoms. The van der Waals surface area contributed by atoms with Gasteiger partial charge in [-0.3, -0.25) is 0 Å². The Morgan fingerprint density at radius 3 is 2.75 bits per heavy atom. The van der Waals surface area contributed by atoms with Crippen molar-refractivity contribution in [2.75, 3.05) is 27.7 Å². The molecule has 112 valence electrons. The number of halogens is 1. The number of ether oxygens (including phenoxy) is 1. The third-order valence-electron chi connectivity index (χ3n) is 5.61. The van der Waals surface area contributed by atoms with Crippen LogP contribution in [-0.4, -0.2) is 38.3 Å². The van der Waals surface area contributed by atoms with E-state index in [1.807, 2.05) is 0 Å². The van der Waals surface area contributed by atoms with Gasteiger partial charge in [-0.2, -0.15) is 0 Å². The molecule has 0 N–H and O–H groups in total. The SMILES string of the molecule is COc1cccc(C23CCCCC2[N+](C)(C)CC3)c1.[I-]. The molecule has 1 heterocycles. The van der Waals surface area contributed by atoms with E-state index < -0.39 is 0 Å². The number of benzene rings is 1. The van der Waals surface area contributed by atoms with Gasteiger partial charge in [0.25, 0.3) is 0 Å². The van der Waals surface area contributed by atoms with Gasteiger partial charge in [0.15, 0.2) is 0 Å². The Kier molecular flexibility index (Phi) is 4.69. The summed E-state index contributed by atoms with van der Waals surface area (Å²) in [4.78, 5) is 0. The molecule has 1 aromatic carbocycles. The second kappa shape index (κ2) is 5.84. The number of rotatable bonds is 2. The van der Waals surface area contributed by atoms with Crippen LogP contribution in [0.3, 0.4) is 0 Å². The minimum Gasteiger partial charge on any atom is -1.00 e. The van der Waals surface area contributed by atoms with Crippen LogP contribution in [0.1, 0.15) is 37.7 Å². The molecule has 0 bridgehead atoms. The number of likely N-dealkylation sites (tertiary alicyclic amines) is 1. The van der Waals surface area contributed by atoms with Crippen LogP contribution in [0.2, 0.25) is 0 Å². The lowest BCUT2D eigenvalue weighted by Crippen LogP contribution is -3.00. The van der Waals surface area contributed by atoms with Gasteiger partial charge in [0.05, 0.1) is 39.2 Å². The van der Waals surface area contributed by atoms with E-state index in [2.05, 4.69) is 38.4 Å². The maximum absolute atomic E-state index is 5.44. The van der Waals surface area contributed by atoms with Crippen molar-refractivity contribution < 1.29 is 33.2 Å². The highest BCUT2D eigenvalue weighted by Crippen LogP contribution is 2.51. The predicted molar refractivity (Wildman–Crippen MR) is 78.5 cm³/mol. The summed E-state index contributed by atoms with van der Waals surface area (Å²) in [5.41, 5.74) is 1.91. The van der Waals surface area contributed by atoms with Crippen LogP contribution in [0.4, 0.5) is 0 Å². The maximum Gasteiger partial charge on any atom is 0.119 e. The number of fused-ring (bicyclic) bond motifs is 1. The molecule has 1 aliphatic heterocycles. The van der Waals surface area contributed by atoms with Crippen LogP contribution >= 0.6 is 0 Å². The first-order valence-corrected chi connectivity index (χ1v) is 7.56. The molecule has 2 atom stereocenters. The Labute approximate surface area is 140 Å². The van der Waals surface area contributed by atoms with Gasteiger partial charge in [-0.1, -0.05) is 18.6 Å². The van der Waals surface area contributed by atoms with Gasteiger partial charge < -0.3 is 33.2 Å². The van der Waals surface area contributed by atoms with E-state index in [9.17, 15) is 0 Å². The van der Waals surface area contributed by atoms with Crippen molar-refractivity contribution in [3.8, 4) is 5.75 Å². The first-order valence-electron chi connectivity index (χ1n) is 7.56. The van der Waals surface area contributed by atoms with E-state index >= 15 is 0 Å².